The first-order valence-corrected chi connectivity index (χ1v) is 8.63. The number of rotatable bonds is 6. The molecular formula is C20H20N2OS. The Hall–Kier alpha value is -2.59. The molecule has 0 saturated heterocycles. The fourth-order valence-corrected chi connectivity index (χ4v) is 3.56. The van der Waals surface area contributed by atoms with Crippen LogP contribution in [0.5, 0.6) is 5.75 Å². The van der Waals surface area contributed by atoms with Gasteiger partial charge < -0.3 is 10.5 Å². The largest absolute Gasteiger partial charge is 0.497 e. The van der Waals surface area contributed by atoms with Gasteiger partial charge >= 0.3 is 0 Å². The molecule has 1 aromatic heterocycles. The molecule has 2 N–H and O–H groups in total. The van der Waals surface area contributed by atoms with Gasteiger partial charge in [0.1, 0.15) is 5.75 Å². The number of nitrogens with two attached hydrogens (primary N) is 1. The lowest BCUT2D eigenvalue weighted by molar-refractivity contribution is 0.414. The number of ether oxygens (including phenoxy) is 1. The lowest BCUT2D eigenvalue weighted by atomic mass is 9.80. The lowest BCUT2D eigenvalue weighted by Crippen LogP contribution is -2.12. The van der Waals surface area contributed by atoms with Crippen LogP contribution in [0, 0.1) is 0 Å². The summed E-state index contributed by atoms with van der Waals surface area (Å²) in [7, 11) is 1.67. The highest BCUT2D eigenvalue weighted by atomic mass is 32.1. The van der Waals surface area contributed by atoms with Gasteiger partial charge in [-0.2, -0.15) is 0 Å². The van der Waals surface area contributed by atoms with Crippen molar-refractivity contribution in [2.75, 3.05) is 12.8 Å². The molecule has 0 aliphatic carbocycles. The Kier molecular flexibility index (Phi) is 4.96. The van der Waals surface area contributed by atoms with E-state index in [0.29, 0.717) is 5.13 Å². The number of allylic oxidation sites excluding steroid dienone is 1. The number of methoxy groups -OCH3 is 1. The van der Waals surface area contributed by atoms with E-state index in [1.54, 1.807) is 7.11 Å². The Morgan fingerprint density at radius 1 is 1.08 bits per heavy atom. The Labute approximate surface area is 146 Å². The average Bonchev–Trinajstić information content (AvgIpc) is 3.06. The normalized spacial score (nSPS) is 13.2. The number of aromatic nitrogens is 1. The molecule has 2 unspecified atom stereocenters. The Morgan fingerprint density at radius 3 is 2.33 bits per heavy atom. The number of benzene rings is 2. The fraction of sp³-hybridized carbons (Fsp3) is 0.150. The monoisotopic (exact) mass is 336 g/mol. The summed E-state index contributed by atoms with van der Waals surface area (Å²) in [5.41, 5.74) is 9.22. The van der Waals surface area contributed by atoms with Gasteiger partial charge in [0.2, 0.25) is 0 Å². The van der Waals surface area contributed by atoms with Crippen molar-refractivity contribution in [3.8, 4) is 5.75 Å². The predicted octanol–water partition coefficient (Wildman–Crippen LogP) is 4.84. The minimum absolute atomic E-state index is 0.0596. The molecule has 3 rings (SSSR count). The van der Waals surface area contributed by atoms with Gasteiger partial charge in [0.25, 0.3) is 0 Å². The van der Waals surface area contributed by atoms with Gasteiger partial charge in [0.15, 0.2) is 5.13 Å². The number of hydrogen-bond donors (Lipinski definition) is 1. The molecule has 3 aromatic rings. The smallest absolute Gasteiger partial charge is 0.180 e. The van der Waals surface area contributed by atoms with Crippen LogP contribution in [0.15, 0.2) is 72.6 Å². The van der Waals surface area contributed by atoms with Crippen LogP contribution in [0.3, 0.4) is 0 Å². The summed E-state index contributed by atoms with van der Waals surface area (Å²) in [6, 6.07) is 18.5. The lowest BCUT2D eigenvalue weighted by Gasteiger charge is -2.24. The highest BCUT2D eigenvalue weighted by molar-refractivity contribution is 7.13. The van der Waals surface area contributed by atoms with E-state index in [4.69, 9.17) is 10.5 Å². The molecule has 4 heteroatoms. The molecule has 0 aliphatic heterocycles. The fourth-order valence-electron chi connectivity index (χ4n) is 2.96. The van der Waals surface area contributed by atoms with Gasteiger partial charge in [0.05, 0.1) is 12.8 Å². The van der Waals surface area contributed by atoms with Gasteiger partial charge in [-0.1, -0.05) is 48.5 Å². The van der Waals surface area contributed by atoms with Crippen molar-refractivity contribution in [2.24, 2.45) is 0 Å². The third-order valence-electron chi connectivity index (χ3n) is 4.13. The molecule has 2 atom stereocenters. The van der Waals surface area contributed by atoms with E-state index in [1.807, 2.05) is 41.8 Å². The van der Waals surface area contributed by atoms with Crippen molar-refractivity contribution in [3.05, 3.63) is 89.5 Å². The van der Waals surface area contributed by atoms with Crippen LogP contribution in [0.4, 0.5) is 5.13 Å². The molecule has 0 amide bonds. The topological polar surface area (TPSA) is 48.1 Å². The van der Waals surface area contributed by atoms with E-state index in [9.17, 15) is 0 Å². The zero-order valence-corrected chi connectivity index (χ0v) is 14.4. The van der Waals surface area contributed by atoms with E-state index in [0.717, 1.165) is 17.0 Å². The molecule has 122 valence electrons. The zero-order chi connectivity index (χ0) is 16.9. The first-order valence-electron chi connectivity index (χ1n) is 7.75. The van der Waals surface area contributed by atoms with Gasteiger partial charge in [-0.15, -0.1) is 17.9 Å². The molecule has 0 radical (unpaired) electrons. The van der Waals surface area contributed by atoms with E-state index < -0.39 is 0 Å². The maximum absolute atomic E-state index is 5.88. The standard InChI is InChI=1S/C20H20N2OS/c1-3-17(14-7-5-4-6-8-14)19(18-13-24-20(21)22-18)15-9-11-16(23-2)12-10-15/h3-13,17,19H,1H2,2H3,(H2,21,22). The van der Waals surface area contributed by atoms with E-state index >= 15 is 0 Å². The van der Waals surface area contributed by atoms with E-state index in [2.05, 4.69) is 35.8 Å². The van der Waals surface area contributed by atoms with Crippen molar-refractivity contribution >= 4 is 16.5 Å². The molecule has 0 saturated carbocycles. The summed E-state index contributed by atoms with van der Waals surface area (Å²) < 4.78 is 5.28. The SMILES string of the molecule is C=CC(c1ccccc1)C(c1ccc(OC)cc1)c1csc(N)n1. The molecule has 0 fully saturated rings. The Bertz CT molecular complexity index is 796. The van der Waals surface area contributed by atoms with Crippen molar-refractivity contribution < 1.29 is 4.74 Å². The van der Waals surface area contributed by atoms with Crippen LogP contribution in [0.25, 0.3) is 0 Å². The van der Waals surface area contributed by atoms with Crippen molar-refractivity contribution in [2.45, 2.75) is 11.8 Å². The third-order valence-corrected chi connectivity index (χ3v) is 4.82. The highest BCUT2D eigenvalue weighted by Gasteiger charge is 2.26. The minimum atomic E-state index is 0.0596. The van der Waals surface area contributed by atoms with Crippen molar-refractivity contribution in [1.82, 2.24) is 4.98 Å². The Morgan fingerprint density at radius 2 is 1.79 bits per heavy atom. The van der Waals surface area contributed by atoms with Gasteiger partial charge in [0, 0.05) is 17.2 Å². The van der Waals surface area contributed by atoms with E-state index in [1.165, 1.54) is 16.9 Å². The highest BCUT2D eigenvalue weighted by Crippen LogP contribution is 2.40. The second-order valence-electron chi connectivity index (χ2n) is 5.53. The van der Waals surface area contributed by atoms with Crippen LogP contribution in [-0.4, -0.2) is 12.1 Å². The summed E-state index contributed by atoms with van der Waals surface area (Å²) in [6.45, 7) is 4.07. The number of hydrogen-bond acceptors (Lipinski definition) is 4. The van der Waals surface area contributed by atoms with Crippen molar-refractivity contribution in [1.29, 1.82) is 0 Å². The molecule has 0 bridgehead atoms. The second kappa shape index (κ2) is 7.32. The van der Waals surface area contributed by atoms with Crippen LogP contribution < -0.4 is 10.5 Å². The maximum atomic E-state index is 5.88. The van der Waals surface area contributed by atoms with E-state index in [-0.39, 0.29) is 11.8 Å². The third kappa shape index (κ3) is 3.34. The second-order valence-corrected chi connectivity index (χ2v) is 6.42. The average molecular weight is 336 g/mol. The molecule has 0 aliphatic rings. The van der Waals surface area contributed by atoms with Crippen LogP contribution >= 0.6 is 11.3 Å². The van der Waals surface area contributed by atoms with Gasteiger partial charge in [-0.05, 0) is 23.3 Å². The first-order chi connectivity index (χ1) is 11.7. The molecule has 0 spiro atoms. The summed E-state index contributed by atoms with van der Waals surface area (Å²) in [6.07, 6.45) is 1.99. The van der Waals surface area contributed by atoms with Crippen LogP contribution in [-0.2, 0) is 0 Å². The zero-order valence-electron chi connectivity index (χ0n) is 13.6. The maximum Gasteiger partial charge on any atom is 0.180 e. The van der Waals surface area contributed by atoms with Crippen LogP contribution in [0.1, 0.15) is 28.7 Å². The number of nitrogens with zero attached hydrogens (tertiary/aromatic N) is 1. The number of anilines is 1. The quantitative estimate of drug-likeness (QED) is 0.656. The number of thiazole rings is 1. The summed E-state index contributed by atoms with van der Waals surface area (Å²) in [4.78, 5) is 4.54. The Balaban J connectivity index is 2.08. The number of nitrogen functional groups attached to an aromatic ring is 1. The van der Waals surface area contributed by atoms with Gasteiger partial charge in [-0.25, -0.2) is 4.98 Å². The summed E-state index contributed by atoms with van der Waals surface area (Å²) in [5, 5.41) is 2.61. The molecule has 1 heterocycles. The molecular weight excluding hydrogens is 316 g/mol. The van der Waals surface area contributed by atoms with Crippen LogP contribution in [0.2, 0.25) is 0 Å². The summed E-state index contributed by atoms with van der Waals surface area (Å²) >= 11 is 1.47. The molecule has 2 aromatic carbocycles. The summed E-state index contributed by atoms with van der Waals surface area (Å²) in [5.74, 6) is 1.01. The minimum Gasteiger partial charge on any atom is -0.497 e. The van der Waals surface area contributed by atoms with Gasteiger partial charge in [-0.3, -0.25) is 0 Å². The predicted molar refractivity (Wildman–Crippen MR) is 101 cm³/mol. The molecule has 3 nitrogen and oxygen atoms in total. The van der Waals surface area contributed by atoms with Crippen molar-refractivity contribution in [3.63, 3.8) is 0 Å². The molecule has 24 heavy (non-hydrogen) atoms. The first kappa shape index (κ1) is 16.3.